The third-order valence-corrected chi connectivity index (χ3v) is 4.88. The maximum atomic E-state index is 11.8. The van der Waals surface area contributed by atoms with Crippen LogP contribution >= 0.6 is 34.5 Å². The Hall–Kier alpha value is -1.82. The number of anilines is 1. The fraction of sp³-hybridized carbons (Fsp3) is 0.0667. The smallest absolute Gasteiger partial charge is 0.358 e. The second-order valence-corrected chi connectivity index (χ2v) is 6.22. The molecular formula is C15H10Cl2N2O2S. The molecule has 0 unspecified atom stereocenters. The van der Waals surface area contributed by atoms with E-state index in [1.54, 1.807) is 11.3 Å². The molecule has 0 amide bonds. The molecule has 0 aliphatic heterocycles. The van der Waals surface area contributed by atoms with Crippen molar-refractivity contribution < 1.29 is 9.53 Å². The standard InChI is InChI=1S/C15H10Cl2N2O2S/c1-21-15(20)14-11(17)12(18)10(16)13(19-14)8-2-3-9-7(6-8)4-5-22-9/h2-6H,1H3,(H2,18,19). The quantitative estimate of drug-likeness (QED) is 0.682. The summed E-state index contributed by atoms with van der Waals surface area (Å²) in [6.07, 6.45) is 0. The number of nitrogen functional groups attached to an aromatic ring is 1. The van der Waals surface area contributed by atoms with Crippen molar-refractivity contribution in [2.75, 3.05) is 12.8 Å². The summed E-state index contributed by atoms with van der Waals surface area (Å²) in [4.78, 5) is 16.0. The van der Waals surface area contributed by atoms with Crippen molar-refractivity contribution in [1.82, 2.24) is 4.98 Å². The first-order chi connectivity index (χ1) is 10.5. The van der Waals surface area contributed by atoms with E-state index in [2.05, 4.69) is 9.72 Å². The summed E-state index contributed by atoms with van der Waals surface area (Å²) in [5, 5.41) is 3.28. The van der Waals surface area contributed by atoms with Crippen LogP contribution in [0.3, 0.4) is 0 Å². The Morgan fingerprint density at radius 3 is 2.77 bits per heavy atom. The van der Waals surface area contributed by atoms with Crippen molar-refractivity contribution in [2.24, 2.45) is 0 Å². The molecule has 0 atom stereocenters. The molecule has 1 aromatic carbocycles. The van der Waals surface area contributed by atoms with Crippen LogP contribution in [0.2, 0.25) is 10.0 Å². The first-order valence-corrected chi connectivity index (χ1v) is 7.87. The van der Waals surface area contributed by atoms with Gasteiger partial charge in [0.05, 0.1) is 28.5 Å². The first kappa shape index (κ1) is 15.1. The van der Waals surface area contributed by atoms with Crippen molar-refractivity contribution in [3.05, 3.63) is 45.4 Å². The molecule has 7 heteroatoms. The fourth-order valence-electron chi connectivity index (χ4n) is 2.10. The maximum absolute atomic E-state index is 11.8. The van der Waals surface area contributed by atoms with Crippen LogP contribution in [0.25, 0.3) is 21.3 Å². The second kappa shape index (κ2) is 5.76. The number of halogens is 2. The number of carbonyl (C=O) groups excluding carboxylic acids is 1. The molecule has 0 spiro atoms. The molecule has 0 fully saturated rings. The number of nitrogens with zero attached hydrogens (tertiary/aromatic N) is 1. The number of pyridine rings is 1. The van der Waals surface area contributed by atoms with Gasteiger partial charge in [-0.05, 0) is 29.0 Å². The van der Waals surface area contributed by atoms with Gasteiger partial charge in [-0.2, -0.15) is 0 Å². The van der Waals surface area contributed by atoms with Crippen LogP contribution in [-0.4, -0.2) is 18.1 Å². The van der Waals surface area contributed by atoms with Crippen LogP contribution in [0, 0.1) is 0 Å². The van der Waals surface area contributed by atoms with Crippen LogP contribution in [0.15, 0.2) is 29.6 Å². The Morgan fingerprint density at radius 2 is 2.05 bits per heavy atom. The van der Waals surface area contributed by atoms with Gasteiger partial charge in [0.15, 0.2) is 5.69 Å². The lowest BCUT2D eigenvalue weighted by molar-refractivity contribution is 0.0594. The highest BCUT2D eigenvalue weighted by Gasteiger charge is 2.21. The van der Waals surface area contributed by atoms with E-state index in [0.717, 1.165) is 15.6 Å². The van der Waals surface area contributed by atoms with Crippen LogP contribution in [0.4, 0.5) is 5.69 Å². The van der Waals surface area contributed by atoms with E-state index < -0.39 is 5.97 Å². The summed E-state index contributed by atoms with van der Waals surface area (Å²) in [5.74, 6) is -0.661. The van der Waals surface area contributed by atoms with Gasteiger partial charge in [-0.1, -0.05) is 29.3 Å². The number of hydrogen-bond donors (Lipinski definition) is 1. The van der Waals surface area contributed by atoms with E-state index in [9.17, 15) is 4.79 Å². The summed E-state index contributed by atoms with van der Waals surface area (Å²) in [7, 11) is 1.25. The minimum atomic E-state index is -0.661. The lowest BCUT2D eigenvalue weighted by atomic mass is 10.1. The third-order valence-electron chi connectivity index (χ3n) is 3.22. The van der Waals surface area contributed by atoms with Gasteiger partial charge in [0, 0.05) is 10.3 Å². The number of esters is 1. The predicted octanol–water partition coefficient (Wildman–Crippen LogP) is 4.64. The average Bonchev–Trinajstić information content (AvgIpc) is 2.99. The number of hydrogen-bond acceptors (Lipinski definition) is 5. The van der Waals surface area contributed by atoms with E-state index in [1.807, 2.05) is 29.6 Å². The van der Waals surface area contributed by atoms with Crippen molar-refractivity contribution in [1.29, 1.82) is 0 Å². The highest BCUT2D eigenvalue weighted by Crippen LogP contribution is 2.38. The number of benzene rings is 1. The van der Waals surface area contributed by atoms with Crippen molar-refractivity contribution in [3.63, 3.8) is 0 Å². The van der Waals surface area contributed by atoms with Gasteiger partial charge in [-0.25, -0.2) is 9.78 Å². The largest absolute Gasteiger partial charge is 0.464 e. The van der Waals surface area contributed by atoms with Crippen LogP contribution in [0.5, 0.6) is 0 Å². The number of carbonyl (C=O) groups is 1. The van der Waals surface area contributed by atoms with Crippen LogP contribution < -0.4 is 5.73 Å². The fourth-order valence-corrected chi connectivity index (χ4v) is 3.38. The number of methoxy groups -OCH3 is 1. The molecule has 0 aliphatic rings. The number of thiophene rings is 1. The number of nitrogens with two attached hydrogens (primary N) is 1. The summed E-state index contributed by atoms with van der Waals surface area (Å²) in [5.41, 5.74) is 7.11. The zero-order chi connectivity index (χ0) is 15.9. The minimum absolute atomic E-state index is 0.00258. The van der Waals surface area contributed by atoms with Crippen molar-refractivity contribution in [2.45, 2.75) is 0 Å². The van der Waals surface area contributed by atoms with E-state index in [0.29, 0.717) is 5.69 Å². The number of fused-ring (bicyclic) bond motifs is 1. The molecule has 0 aliphatic carbocycles. The third kappa shape index (κ3) is 2.41. The Labute approximate surface area is 140 Å². The molecule has 3 aromatic rings. The molecule has 112 valence electrons. The molecule has 0 saturated carbocycles. The van der Waals surface area contributed by atoms with E-state index in [-0.39, 0.29) is 21.4 Å². The van der Waals surface area contributed by atoms with Gasteiger partial charge in [0.1, 0.15) is 0 Å². The van der Waals surface area contributed by atoms with Gasteiger partial charge in [-0.15, -0.1) is 11.3 Å². The summed E-state index contributed by atoms with van der Waals surface area (Å²) in [6, 6.07) is 7.78. The first-order valence-electron chi connectivity index (χ1n) is 6.23. The number of aromatic nitrogens is 1. The Kier molecular flexibility index (Phi) is 3.95. The van der Waals surface area contributed by atoms with E-state index >= 15 is 0 Å². The highest BCUT2D eigenvalue weighted by atomic mass is 35.5. The van der Waals surface area contributed by atoms with E-state index in [1.165, 1.54) is 7.11 Å². The molecular weight excluding hydrogens is 343 g/mol. The Bertz CT molecular complexity index is 893. The van der Waals surface area contributed by atoms with Crippen molar-refractivity contribution >= 4 is 56.3 Å². The van der Waals surface area contributed by atoms with Gasteiger partial charge in [0.25, 0.3) is 0 Å². The molecule has 0 saturated heterocycles. The van der Waals surface area contributed by atoms with E-state index in [4.69, 9.17) is 28.9 Å². The van der Waals surface area contributed by atoms with Crippen LogP contribution in [-0.2, 0) is 4.74 Å². The highest BCUT2D eigenvalue weighted by molar-refractivity contribution is 7.17. The molecule has 3 rings (SSSR count). The number of rotatable bonds is 2. The number of ether oxygens (including phenoxy) is 1. The van der Waals surface area contributed by atoms with Gasteiger partial charge >= 0.3 is 5.97 Å². The Balaban J connectivity index is 2.25. The van der Waals surface area contributed by atoms with Crippen molar-refractivity contribution in [3.8, 4) is 11.3 Å². The predicted molar refractivity (Wildman–Crippen MR) is 90.8 cm³/mol. The van der Waals surface area contributed by atoms with Gasteiger partial charge in [-0.3, -0.25) is 0 Å². The lowest BCUT2D eigenvalue weighted by Crippen LogP contribution is -2.08. The normalized spacial score (nSPS) is 10.9. The molecule has 4 nitrogen and oxygen atoms in total. The van der Waals surface area contributed by atoms with Gasteiger partial charge in [0.2, 0.25) is 0 Å². The summed E-state index contributed by atoms with van der Waals surface area (Å²) < 4.78 is 5.83. The molecule has 2 heterocycles. The monoisotopic (exact) mass is 352 g/mol. The molecule has 2 N–H and O–H groups in total. The summed E-state index contributed by atoms with van der Waals surface area (Å²) in [6.45, 7) is 0. The molecule has 22 heavy (non-hydrogen) atoms. The van der Waals surface area contributed by atoms with Gasteiger partial charge < -0.3 is 10.5 Å². The minimum Gasteiger partial charge on any atom is -0.464 e. The Morgan fingerprint density at radius 1 is 1.27 bits per heavy atom. The molecule has 0 radical (unpaired) electrons. The second-order valence-electron chi connectivity index (χ2n) is 4.52. The molecule has 2 aromatic heterocycles. The van der Waals surface area contributed by atoms with Crippen LogP contribution in [0.1, 0.15) is 10.5 Å². The summed E-state index contributed by atoms with van der Waals surface area (Å²) >= 11 is 13.9. The molecule has 0 bridgehead atoms. The zero-order valence-corrected chi connectivity index (χ0v) is 13.7. The lowest BCUT2D eigenvalue weighted by Gasteiger charge is -2.11. The SMILES string of the molecule is COC(=O)c1nc(-c2ccc3sccc3c2)c(Cl)c(N)c1Cl. The zero-order valence-electron chi connectivity index (χ0n) is 11.4. The maximum Gasteiger partial charge on any atom is 0.358 e. The topological polar surface area (TPSA) is 65.2 Å². The average molecular weight is 353 g/mol.